The van der Waals surface area contributed by atoms with E-state index in [1.807, 2.05) is 23.6 Å². The van der Waals surface area contributed by atoms with Crippen LogP contribution in [0.25, 0.3) is 10.4 Å². The molecule has 0 unspecified atom stereocenters. The minimum atomic E-state index is -0.282. The molecule has 3 heteroatoms. The number of esters is 1. The zero-order valence-corrected chi connectivity index (χ0v) is 10.0. The topological polar surface area (TPSA) is 26.3 Å². The zero-order valence-electron chi connectivity index (χ0n) is 9.19. The van der Waals surface area contributed by atoms with Crippen molar-refractivity contribution in [3.8, 4) is 10.4 Å². The Hall–Kier alpha value is -1.61. The summed E-state index contributed by atoms with van der Waals surface area (Å²) in [6, 6.07) is 10.1. The second-order valence-electron chi connectivity index (χ2n) is 3.56. The fourth-order valence-electron chi connectivity index (χ4n) is 1.51. The highest BCUT2D eigenvalue weighted by molar-refractivity contribution is 7.13. The van der Waals surface area contributed by atoms with E-state index >= 15 is 0 Å². The van der Waals surface area contributed by atoms with E-state index in [2.05, 4.69) is 23.8 Å². The number of hydrogen-bond donors (Lipinski definition) is 0. The average Bonchev–Trinajstić information content (AvgIpc) is 2.77. The summed E-state index contributed by atoms with van der Waals surface area (Å²) < 4.78 is 4.68. The molecular formula is C13H12O2S. The predicted molar refractivity (Wildman–Crippen MR) is 65.8 cm³/mol. The van der Waals surface area contributed by atoms with Gasteiger partial charge < -0.3 is 4.74 Å². The monoisotopic (exact) mass is 232 g/mol. The minimum absolute atomic E-state index is 0.282. The normalized spacial score (nSPS) is 10.1. The molecule has 2 aromatic rings. The van der Waals surface area contributed by atoms with E-state index in [9.17, 15) is 4.79 Å². The lowest BCUT2D eigenvalue weighted by Gasteiger charge is -1.98. The Labute approximate surface area is 98.5 Å². The molecule has 2 rings (SSSR count). The van der Waals surface area contributed by atoms with Crippen LogP contribution >= 0.6 is 11.3 Å². The Kier molecular flexibility index (Phi) is 3.06. The van der Waals surface area contributed by atoms with Gasteiger partial charge in [0.2, 0.25) is 0 Å². The van der Waals surface area contributed by atoms with Gasteiger partial charge in [-0.25, -0.2) is 4.79 Å². The van der Waals surface area contributed by atoms with Gasteiger partial charge in [-0.2, -0.15) is 0 Å². The van der Waals surface area contributed by atoms with Gasteiger partial charge in [-0.15, -0.1) is 11.3 Å². The van der Waals surface area contributed by atoms with Crippen molar-refractivity contribution >= 4 is 17.3 Å². The van der Waals surface area contributed by atoms with Crippen LogP contribution in [0, 0.1) is 6.92 Å². The summed E-state index contributed by atoms with van der Waals surface area (Å²) in [5.41, 5.74) is 2.97. The second kappa shape index (κ2) is 4.49. The Morgan fingerprint density at radius 2 is 2.12 bits per heavy atom. The number of benzene rings is 1. The van der Waals surface area contributed by atoms with Crippen molar-refractivity contribution in [1.82, 2.24) is 0 Å². The number of methoxy groups -OCH3 is 1. The molecule has 0 bridgehead atoms. The maximum atomic E-state index is 11.3. The number of ether oxygens (including phenoxy) is 1. The number of aryl methyl sites for hydroxylation is 1. The number of carbonyl (C=O) groups excluding carboxylic acids is 1. The van der Waals surface area contributed by atoms with Crippen molar-refractivity contribution in [1.29, 1.82) is 0 Å². The van der Waals surface area contributed by atoms with Gasteiger partial charge in [0.15, 0.2) is 0 Å². The van der Waals surface area contributed by atoms with Gasteiger partial charge in [-0.3, -0.25) is 0 Å². The highest BCUT2D eigenvalue weighted by Crippen LogP contribution is 2.27. The first-order chi connectivity index (χ1) is 7.70. The number of thiophene rings is 1. The standard InChI is InChI=1S/C13H12O2S/c1-9-4-3-5-10(6-9)12-7-11(8-16-12)13(14)15-2/h3-8H,1-2H3. The molecule has 1 heterocycles. The van der Waals surface area contributed by atoms with Gasteiger partial charge in [-0.05, 0) is 18.6 Å². The van der Waals surface area contributed by atoms with Crippen molar-refractivity contribution < 1.29 is 9.53 Å². The third-order valence-electron chi connectivity index (χ3n) is 2.32. The fraction of sp³-hybridized carbons (Fsp3) is 0.154. The van der Waals surface area contributed by atoms with E-state index < -0.39 is 0 Å². The maximum absolute atomic E-state index is 11.3. The van der Waals surface area contributed by atoms with Crippen molar-refractivity contribution in [3.63, 3.8) is 0 Å². The van der Waals surface area contributed by atoms with Crippen LogP contribution < -0.4 is 0 Å². The van der Waals surface area contributed by atoms with E-state index in [-0.39, 0.29) is 5.97 Å². The summed E-state index contributed by atoms with van der Waals surface area (Å²) >= 11 is 1.55. The molecule has 16 heavy (non-hydrogen) atoms. The van der Waals surface area contributed by atoms with Crippen LogP contribution in [0.1, 0.15) is 15.9 Å². The Morgan fingerprint density at radius 3 is 2.81 bits per heavy atom. The lowest BCUT2D eigenvalue weighted by molar-refractivity contribution is 0.0601. The van der Waals surface area contributed by atoms with Crippen LogP contribution in [0.3, 0.4) is 0 Å². The molecule has 0 saturated heterocycles. The molecule has 0 amide bonds. The van der Waals surface area contributed by atoms with Crippen molar-refractivity contribution in [2.75, 3.05) is 7.11 Å². The molecule has 0 aliphatic heterocycles. The summed E-state index contributed by atoms with van der Waals surface area (Å²) in [7, 11) is 1.40. The Morgan fingerprint density at radius 1 is 1.31 bits per heavy atom. The van der Waals surface area contributed by atoms with Crippen molar-refractivity contribution in [3.05, 3.63) is 46.8 Å². The molecule has 0 atom stereocenters. The summed E-state index contributed by atoms with van der Waals surface area (Å²) in [5, 5.41) is 1.82. The number of rotatable bonds is 2. The maximum Gasteiger partial charge on any atom is 0.338 e. The minimum Gasteiger partial charge on any atom is -0.465 e. The summed E-state index contributed by atoms with van der Waals surface area (Å²) in [4.78, 5) is 12.4. The first-order valence-electron chi connectivity index (χ1n) is 4.94. The second-order valence-corrected chi connectivity index (χ2v) is 4.47. The lowest BCUT2D eigenvalue weighted by Crippen LogP contribution is -1.97. The predicted octanol–water partition coefficient (Wildman–Crippen LogP) is 3.51. The van der Waals surface area contributed by atoms with Gasteiger partial charge in [0.25, 0.3) is 0 Å². The summed E-state index contributed by atoms with van der Waals surface area (Å²) in [5.74, 6) is -0.282. The molecule has 0 fully saturated rings. The molecular weight excluding hydrogens is 220 g/mol. The third kappa shape index (κ3) is 2.14. The van der Waals surface area contributed by atoms with Gasteiger partial charge in [0, 0.05) is 10.3 Å². The van der Waals surface area contributed by atoms with E-state index in [0.29, 0.717) is 5.56 Å². The molecule has 1 aromatic heterocycles. The van der Waals surface area contributed by atoms with Gasteiger partial charge in [0.1, 0.15) is 0 Å². The average molecular weight is 232 g/mol. The molecule has 0 aliphatic carbocycles. The first kappa shape index (κ1) is 10.9. The zero-order chi connectivity index (χ0) is 11.5. The smallest absolute Gasteiger partial charge is 0.338 e. The quantitative estimate of drug-likeness (QED) is 0.741. The Balaban J connectivity index is 2.35. The van der Waals surface area contributed by atoms with E-state index in [1.54, 1.807) is 11.3 Å². The highest BCUT2D eigenvalue weighted by Gasteiger charge is 2.09. The van der Waals surface area contributed by atoms with Gasteiger partial charge in [-0.1, -0.05) is 29.8 Å². The molecule has 1 aromatic carbocycles. The molecule has 0 spiro atoms. The SMILES string of the molecule is COC(=O)c1csc(-c2cccc(C)c2)c1. The molecule has 0 saturated carbocycles. The first-order valence-corrected chi connectivity index (χ1v) is 5.82. The van der Waals surface area contributed by atoms with E-state index in [1.165, 1.54) is 12.7 Å². The lowest BCUT2D eigenvalue weighted by atomic mass is 10.1. The molecule has 2 nitrogen and oxygen atoms in total. The van der Waals surface area contributed by atoms with Crippen LogP contribution in [0.4, 0.5) is 0 Å². The van der Waals surface area contributed by atoms with Crippen LogP contribution in [0.15, 0.2) is 35.7 Å². The van der Waals surface area contributed by atoms with Crippen LogP contribution in [-0.4, -0.2) is 13.1 Å². The van der Waals surface area contributed by atoms with Gasteiger partial charge in [0.05, 0.1) is 12.7 Å². The van der Waals surface area contributed by atoms with E-state index in [0.717, 1.165) is 10.4 Å². The molecule has 0 aliphatic rings. The van der Waals surface area contributed by atoms with Crippen LogP contribution in [-0.2, 0) is 4.74 Å². The number of carbonyl (C=O) groups is 1. The number of hydrogen-bond acceptors (Lipinski definition) is 3. The Bertz CT molecular complexity index is 514. The van der Waals surface area contributed by atoms with Crippen LogP contribution in [0.5, 0.6) is 0 Å². The third-order valence-corrected chi connectivity index (χ3v) is 3.30. The fourth-order valence-corrected chi connectivity index (χ4v) is 2.39. The highest BCUT2D eigenvalue weighted by atomic mass is 32.1. The van der Waals surface area contributed by atoms with E-state index in [4.69, 9.17) is 0 Å². The molecule has 82 valence electrons. The summed E-state index contributed by atoms with van der Waals surface area (Å²) in [6.07, 6.45) is 0. The van der Waals surface area contributed by atoms with Crippen LogP contribution in [0.2, 0.25) is 0 Å². The van der Waals surface area contributed by atoms with Crippen molar-refractivity contribution in [2.45, 2.75) is 6.92 Å². The largest absolute Gasteiger partial charge is 0.465 e. The molecule has 0 N–H and O–H groups in total. The van der Waals surface area contributed by atoms with Crippen molar-refractivity contribution in [2.24, 2.45) is 0 Å². The summed E-state index contributed by atoms with van der Waals surface area (Å²) in [6.45, 7) is 2.05. The van der Waals surface area contributed by atoms with Gasteiger partial charge >= 0.3 is 5.97 Å². The molecule has 0 radical (unpaired) electrons.